The Morgan fingerprint density at radius 2 is 1.70 bits per heavy atom. The van der Waals surface area contributed by atoms with Crippen molar-refractivity contribution in [2.45, 2.75) is 44.1 Å². The predicted molar refractivity (Wildman–Crippen MR) is 118 cm³/mol. The number of amides is 1. The monoisotopic (exact) mass is 425 g/mol. The molecule has 0 aliphatic heterocycles. The second-order valence-corrected chi connectivity index (χ2v) is 8.17. The summed E-state index contributed by atoms with van der Waals surface area (Å²) in [6.07, 6.45) is 1.77. The maximum Gasteiger partial charge on any atom is 0.407 e. The molecule has 1 heterocycles. The van der Waals surface area contributed by atoms with Crippen molar-refractivity contribution in [2.24, 2.45) is 5.73 Å². The number of benzene rings is 2. The standard InChI is InChI=1S/C23H27N3O3S/c24-19(13-17-7-3-1-4-8-17)15-21(27)20(14-18-9-5-2-6-10-18)26-23(28)29-16-22-25-11-12-30-22/h1-12,19-21,27H,13-16,24H2,(H,26,28)/t19-,20-,21-/m0/s1. The van der Waals surface area contributed by atoms with Crippen LogP contribution in [-0.2, 0) is 24.2 Å². The van der Waals surface area contributed by atoms with Crippen LogP contribution >= 0.6 is 11.3 Å². The van der Waals surface area contributed by atoms with Crippen LogP contribution < -0.4 is 11.1 Å². The minimum atomic E-state index is -0.809. The van der Waals surface area contributed by atoms with Crippen molar-refractivity contribution >= 4 is 17.4 Å². The lowest BCUT2D eigenvalue weighted by Crippen LogP contribution is -2.47. The average Bonchev–Trinajstić information content (AvgIpc) is 3.27. The third kappa shape index (κ3) is 7.26. The van der Waals surface area contributed by atoms with E-state index >= 15 is 0 Å². The molecule has 0 radical (unpaired) electrons. The molecule has 0 aliphatic rings. The van der Waals surface area contributed by atoms with Crippen LogP contribution in [-0.4, -0.2) is 34.4 Å². The number of nitrogens with two attached hydrogens (primary N) is 1. The van der Waals surface area contributed by atoms with Crippen LogP contribution in [0, 0.1) is 0 Å². The molecule has 30 heavy (non-hydrogen) atoms. The second-order valence-electron chi connectivity index (χ2n) is 7.20. The van der Waals surface area contributed by atoms with Crippen LogP contribution in [0.2, 0.25) is 0 Å². The zero-order valence-electron chi connectivity index (χ0n) is 16.7. The summed E-state index contributed by atoms with van der Waals surface area (Å²) < 4.78 is 5.26. The summed E-state index contributed by atoms with van der Waals surface area (Å²) in [5, 5.41) is 16.2. The number of alkyl carbamates (subject to hydrolysis) is 1. The van der Waals surface area contributed by atoms with E-state index < -0.39 is 18.2 Å². The van der Waals surface area contributed by atoms with Gasteiger partial charge in [0.25, 0.3) is 0 Å². The molecule has 4 N–H and O–H groups in total. The summed E-state index contributed by atoms with van der Waals surface area (Å²) in [7, 11) is 0. The van der Waals surface area contributed by atoms with Crippen LogP contribution in [0.25, 0.3) is 0 Å². The minimum Gasteiger partial charge on any atom is -0.442 e. The highest BCUT2D eigenvalue weighted by atomic mass is 32.1. The Kier molecular flexibility index (Phi) is 8.38. The SMILES string of the molecule is N[C@@H](Cc1ccccc1)C[C@H](O)[C@H](Cc1ccccc1)NC(=O)OCc1nccs1. The summed E-state index contributed by atoms with van der Waals surface area (Å²) in [6, 6.07) is 18.9. The Morgan fingerprint density at radius 1 is 1.07 bits per heavy atom. The number of aliphatic hydroxyl groups excluding tert-OH is 1. The molecule has 0 bridgehead atoms. The number of rotatable bonds is 10. The molecule has 3 atom stereocenters. The van der Waals surface area contributed by atoms with E-state index in [0.717, 1.165) is 16.1 Å². The minimum absolute atomic E-state index is 0.102. The van der Waals surface area contributed by atoms with E-state index in [4.69, 9.17) is 10.5 Å². The fourth-order valence-electron chi connectivity index (χ4n) is 3.27. The molecular formula is C23H27N3O3S. The quantitative estimate of drug-likeness (QED) is 0.463. The smallest absolute Gasteiger partial charge is 0.407 e. The van der Waals surface area contributed by atoms with E-state index in [0.29, 0.717) is 19.3 Å². The fraction of sp³-hybridized carbons (Fsp3) is 0.304. The van der Waals surface area contributed by atoms with Gasteiger partial charge in [-0.1, -0.05) is 60.7 Å². The van der Waals surface area contributed by atoms with E-state index in [1.165, 1.54) is 11.3 Å². The number of hydrogen-bond acceptors (Lipinski definition) is 6. The van der Waals surface area contributed by atoms with Gasteiger partial charge in [-0.2, -0.15) is 0 Å². The van der Waals surface area contributed by atoms with Crippen molar-refractivity contribution < 1.29 is 14.6 Å². The zero-order chi connectivity index (χ0) is 21.2. The van der Waals surface area contributed by atoms with E-state index in [9.17, 15) is 9.90 Å². The van der Waals surface area contributed by atoms with Gasteiger partial charge in [0.2, 0.25) is 0 Å². The first-order chi connectivity index (χ1) is 14.6. The first-order valence-electron chi connectivity index (χ1n) is 9.93. The van der Waals surface area contributed by atoms with Gasteiger partial charge in [0.05, 0.1) is 12.1 Å². The molecule has 0 unspecified atom stereocenters. The Bertz CT molecular complexity index is 875. The van der Waals surface area contributed by atoms with Crippen LogP contribution in [0.1, 0.15) is 22.6 Å². The maximum absolute atomic E-state index is 12.3. The molecule has 0 fully saturated rings. The van der Waals surface area contributed by atoms with Gasteiger partial charge in [0.1, 0.15) is 11.6 Å². The molecule has 1 amide bonds. The van der Waals surface area contributed by atoms with Crippen molar-refractivity contribution in [1.29, 1.82) is 0 Å². The molecule has 3 aromatic rings. The number of hydrogen-bond donors (Lipinski definition) is 3. The van der Waals surface area contributed by atoms with Crippen LogP contribution in [0.4, 0.5) is 4.79 Å². The Labute approximate surface area is 180 Å². The molecule has 1 aromatic heterocycles. The Morgan fingerprint density at radius 3 is 2.30 bits per heavy atom. The highest BCUT2D eigenvalue weighted by Crippen LogP contribution is 2.13. The molecule has 7 heteroatoms. The van der Waals surface area contributed by atoms with Gasteiger partial charge in [0.15, 0.2) is 0 Å². The third-order valence-electron chi connectivity index (χ3n) is 4.76. The lowest BCUT2D eigenvalue weighted by molar-refractivity contribution is 0.0921. The van der Waals surface area contributed by atoms with Gasteiger partial charge in [-0.25, -0.2) is 9.78 Å². The third-order valence-corrected chi connectivity index (χ3v) is 5.51. The van der Waals surface area contributed by atoms with Gasteiger partial charge in [-0.3, -0.25) is 0 Å². The molecule has 6 nitrogen and oxygen atoms in total. The van der Waals surface area contributed by atoms with Gasteiger partial charge >= 0.3 is 6.09 Å². The molecule has 2 aromatic carbocycles. The number of carbonyl (C=O) groups excluding carboxylic acids is 1. The first kappa shape index (κ1) is 22.0. The number of aliphatic hydroxyl groups is 1. The molecule has 3 rings (SSSR count). The molecule has 0 saturated heterocycles. The van der Waals surface area contributed by atoms with Gasteiger partial charge in [-0.05, 0) is 30.4 Å². The number of carbonyl (C=O) groups is 1. The summed E-state index contributed by atoms with van der Waals surface area (Å²) in [5.74, 6) is 0. The van der Waals surface area contributed by atoms with E-state index in [2.05, 4.69) is 10.3 Å². The Hall–Kier alpha value is -2.74. The van der Waals surface area contributed by atoms with Gasteiger partial charge in [-0.15, -0.1) is 11.3 Å². The van der Waals surface area contributed by atoms with Crippen LogP contribution in [0.5, 0.6) is 0 Å². The number of nitrogens with one attached hydrogen (secondary N) is 1. The summed E-state index contributed by atoms with van der Waals surface area (Å²) in [5.41, 5.74) is 8.41. The van der Waals surface area contributed by atoms with Crippen LogP contribution in [0.15, 0.2) is 72.2 Å². The van der Waals surface area contributed by atoms with E-state index in [-0.39, 0.29) is 12.6 Å². The van der Waals surface area contributed by atoms with Crippen molar-refractivity contribution in [2.75, 3.05) is 0 Å². The van der Waals surface area contributed by atoms with E-state index in [1.807, 2.05) is 66.0 Å². The van der Waals surface area contributed by atoms with E-state index in [1.54, 1.807) is 6.20 Å². The van der Waals surface area contributed by atoms with Crippen molar-refractivity contribution in [3.63, 3.8) is 0 Å². The topological polar surface area (TPSA) is 97.5 Å². The fourth-order valence-corrected chi connectivity index (χ4v) is 3.80. The van der Waals surface area contributed by atoms with Crippen LogP contribution in [0.3, 0.4) is 0 Å². The number of thiazole rings is 1. The molecular weight excluding hydrogens is 398 g/mol. The summed E-state index contributed by atoms with van der Waals surface area (Å²) in [6.45, 7) is 0.102. The highest BCUT2D eigenvalue weighted by Gasteiger charge is 2.24. The lowest BCUT2D eigenvalue weighted by Gasteiger charge is -2.26. The summed E-state index contributed by atoms with van der Waals surface area (Å²) in [4.78, 5) is 16.4. The van der Waals surface area contributed by atoms with Gasteiger partial charge < -0.3 is 20.9 Å². The van der Waals surface area contributed by atoms with Crippen molar-refractivity contribution in [3.05, 3.63) is 88.4 Å². The number of aromatic nitrogens is 1. The number of nitrogens with zero attached hydrogens (tertiary/aromatic N) is 1. The average molecular weight is 426 g/mol. The lowest BCUT2D eigenvalue weighted by atomic mass is 9.94. The normalized spacial score (nSPS) is 13.9. The zero-order valence-corrected chi connectivity index (χ0v) is 17.5. The van der Waals surface area contributed by atoms with Crippen molar-refractivity contribution in [3.8, 4) is 0 Å². The van der Waals surface area contributed by atoms with Gasteiger partial charge in [0, 0.05) is 17.6 Å². The molecule has 0 spiro atoms. The first-order valence-corrected chi connectivity index (χ1v) is 10.8. The second kappa shape index (κ2) is 11.4. The van der Waals surface area contributed by atoms with Crippen molar-refractivity contribution in [1.82, 2.24) is 10.3 Å². The molecule has 158 valence electrons. The molecule has 0 aliphatic carbocycles. The highest BCUT2D eigenvalue weighted by molar-refractivity contribution is 7.09. The molecule has 0 saturated carbocycles. The predicted octanol–water partition coefficient (Wildman–Crippen LogP) is 3.30. The number of ether oxygens (including phenoxy) is 1. The maximum atomic E-state index is 12.3. The largest absolute Gasteiger partial charge is 0.442 e. The Balaban J connectivity index is 1.59. The summed E-state index contributed by atoms with van der Waals surface area (Å²) >= 11 is 1.42.